The summed E-state index contributed by atoms with van der Waals surface area (Å²) >= 11 is 0. The van der Waals surface area contributed by atoms with Gasteiger partial charge in [-0.2, -0.15) is 0 Å². The molecule has 4 rings (SSSR count). The largest absolute Gasteiger partial charge is 0.317 e. The average Bonchev–Trinajstić information content (AvgIpc) is 3.02. The molecule has 4 heterocycles. The van der Waals surface area contributed by atoms with Crippen LogP contribution in [-0.2, 0) is 0 Å². The number of hydrogen-bond acceptors (Lipinski definition) is 4. The molecule has 116 valence electrons. The number of aromatic nitrogens is 3. The summed E-state index contributed by atoms with van der Waals surface area (Å²) < 4.78 is 1.72. The number of nitrogens with zero attached hydrogens (tertiary/aromatic N) is 3. The van der Waals surface area contributed by atoms with Gasteiger partial charge in [-0.05, 0) is 61.7 Å². The zero-order valence-electron chi connectivity index (χ0n) is 12.8. The fraction of sp³-hybridized carbons (Fsp3) is 0.278. The maximum Gasteiger partial charge on any atom is 0.263 e. The van der Waals surface area contributed by atoms with Crippen molar-refractivity contribution in [2.45, 2.75) is 18.8 Å². The number of piperidine rings is 1. The van der Waals surface area contributed by atoms with Gasteiger partial charge in [-0.15, -0.1) is 0 Å². The molecule has 3 aromatic heterocycles. The lowest BCUT2D eigenvalue weighted by molar-refractivity contribution is 0.0964. The van der Waals surface area contributed by atoms with Crippen molar-refractivity contribution in [2.75, 3.05) is 13.1 Å². The first kappa shape index (κ1) is 14.1. The molecule has 0 aromatic carbocycles. The van der Waals surface area contributed by atoms with E-state index < -0.39 is 0 Å². The van der Waals surface area contributed by atoms with Gasteiger partial charge in [-0.25, -0.2) is 0 Å². The van der Waals surface area contributed by atoms with Crippen LogP contribution < -0.4 is 5.32 Å². The lowest BCUT2D eigenvalue weighted by atomic mass is 9.91. The Bertz CT molecular complexity index is 835. The predicted octanol–water partition coefficient (Wildman–Crippen LogP) is 2.59. The molecule has 0 saturated carbocycles. The summed E-state index contributed by atoms with van der Waals surface area (Å²) in [6, 6.07) is 7.41. The van der Waals surface area contributed by atoms with Gasteiger partial charge in [0.15, 0.2) is 0 Å². The molecule has 0 spiro atoms. The number of hydrogen-bond donors (Lipinski definition) is 1. The summed E-state index contributed by atoms with van der Waals surface area (Å²) in [7, 11) is 0. The van der Waals surface area contributed by atoms with Crippen LogP contribution in [0.15, 0.2) is 49.1 Å². The fourth-order valence-electron chi connectivity index (χ4n) is 3.31. The van der Waals surface area contributed by atoms with Crippen LogP contribution in [0.2, 0.25) is 0 Å². The van der Waals surface area contributed by atoms with Gasteiger partial charge in [0.25, 0.3) is 5.91 Å². The highest BCUT2D eigenvalue weighted by Gasteiger charge is 2.23. The van der Waals surface area contributed by atoms with Crippen LogP contribution in [0.4, 0.5) is 0 Å². The van der Waals surface area contributed by atoms with Crippen LogP contribution in [-0.4, -0.2) is 33.5 Å². The number of fused-ring (bicyclic) bond motifs is 1. The van der Waals surface area contributed by atoms with Crippen molar-refractivity contribution in [3.63, 3.8) is 0 Å². The third kappa shape index (κ3) is 2.53. The van der Waals surface area contributed by atoms with Crippen molar-refractivity contribution >= 4 is 16.9 Å². The minimum atomic E-state index is -0.0590. The van der Waals surface area contributed by atoms with Crippen LogP contribution in [0.5, 0.6) is 0 Å². The van der Waals surface area contributed by atoms with E-state index in [0.29, 0.717) is 11.5 Å². The van der Waals surface area contributed by atoms with Crippen molar-refractivity contribution in [3.8, 4) is 0 Å². The first-order valence-corrected chi connectivity index (χ1v) is 7.96. The maximum absolute atomic E-state index is 12.8. The molecule has 0 radical (unpaired) electrons. The maximum atomic E-state index is 12.8. The van der Waals surface area contributed by atoms with Gasteiger partial charge < -0.3 is 5.32 Å². The summed E-state index contributed by atoms with van der Waals surface area (Å²) in [6.07, 6.45) is 9.21. The predicted molar refractivity (Wildman–Crippen MR) is 88.5 cm³/mol. The highest BCUT2D eigenvalue weighted by Crippen LogP contribution is 2.32. The van der Waals surface area contributed by atoms with Crippen molar-refractivity contribution < 1.29 is 4.79 Å². The Hall–Kier alpha value is -2.53. The summed E-state index contributed by atoms with van der Waals surface area (Å²) in [6.45, 7) is 2.03. The molecule has 1 N–H and O–H groups in total. The Morgan fingerprint density at radius 2 is 2.00 bits per heavy atom. The van der Waals surface area contributed by atoms with E-state index in [0.717, 1.165) is 37.0 Å². The summed E-state index contributed by atoms with van der Waals surface area (Å²) in [5.74, 6) is 0.396. The van der Waals surface area contributed by atoms with Crippen molar-refractivity contribution in [1.82, 2.24) is 19.9 Å². The Labute approximate surface area is 134 Å². The second-order valence-electron chi connectivity index (χ2n) is 5.90. The molecule has 0 aliphatic carbocycles. The molecule has 1 aliphatic heterocycles. The highest BCUT2D eigenvalue weighted by atomic mass is 16.2. The molecule has 1 fully saturated rings. The van der Waals surface area contributed by atoms with E-state index >= 15 is 0 Å². The van der Waals surface area contributed by atoms with Crippen molar-refractivity contribution in [2.24, 2.45) is 0 Å². The number of carbonyl (C=O) groups is 1. The average molecular weight is 306 g/mol. The summed E-state index contributed by atoms with van der Waals surface area (Å²) in [5.41, 5.74) is 3.58. The smallest absolute Gasteiger partial charge is 0.263 e. The van der Waals surface area contributed by atoms with Crippen molar-refractivity contribution in [1.29, 1.82) is 0 Å². The topological polar surface area (TPSA) is 59.8 Å². The number of pyridine rings is 2. The summed E-state index contributed by atoms with van der Waals surface area (Å²) in [4.78, 5) is 21.4. The molecule has 0 bridgehead atoms. The molecular weight excluding hydrogens is 288 g/mol. The van der Waals surface area contributed by atoms with Gasteiger partial charge in [0.1, 0.15) is 0 Å². The van der Waals surface area contributed by atoms with Gasteiger partial charge in [0.2, 0.25) is 0 Å². The molecule has 3 aromatic rings. The molecule has 23 heavy (non-hydrogen) atoms. The lowest BCUT2D eigenvalue weighted by Gasteiger charge is -2.21. The van der Waals surface area contributed by atoms with Crippen LogP contribution in [0.1, 0.15) is 34.7 Å². The molecule has 0 amide bonds. The third-order valence-corrected chi connectivity index (χ3v) is 4.49. The van der Waals surface area contributed by atoms with E-state index in [1.807, 2.05) is 18.3 Å². The number of rotatable bonds is 2. The number of nitrogens with one attached hydrogen (secondary N) is 1. The first-order valence-electron chi connectivity index (χ1n) is 7.96. The minimum Gasteiger partial charge on any atom is -0.317 e. The quantitative estimate of drug-likeness (QED) is 0.790. The molecule has 0 atom stereocenters. The van der Waals surface area contributed by atoms with Gasteiger partial charge in [-0.1, -0.05) is 0 Å². The zero-order chi connectivity index (χ0) is 15.6. The van der Waals surface area contributed by atoms with E-state index in [-0.39, 0.29) is 5.91 Å². The monoisotopic (exact) mass is 306 g/mol. The van der Waals surface area contributed by atoms with E-state index in [1.54, 1.807) is 35.3 Å². The molecule has 1 aliphatic rings. The molecular formula is C18H18N4O. The van der Waals surface area contributed by atoms with Gasteiger partial charge in [0.05, 0.1) is 16.6 Å². The van der Waals surface area contributed by atoms with Crippen molar-refractivity contribution in [3.05, 3.63) is 60.2 Å². The SMILES string of the molecule is O=C(c1cccnc1)n1cc(C2CCNCC2)c2ncccc21. The first-order chi connectivity index (χ1) is 11.3. The Morgan fingerprint density at radius 1 is 1.17 bits per heavy atom. The van der Waals surface area contributed by atoms with Gasteiger partial charge in [-0.3, -0.25) is 19.3 Å². The zero-order valence-corrected chi connectivity index (χ0v) is 12.8. The second-order valence-corrected chi connectivity index (χ2v) is 5.90. The van der Waals surface area contributed by atoms with Crippen LogP contribution in [0.3, 0.4) is 0 Å². The normalized spacial score (nSPS) is 15.8. The Balaban J connectivity index is 1.82. The molecule has 0 unspecified atom stereocenters. The van der Waals surface area contributed by atoms with Crippen LogP contribution >= 0.6 is 0 Å². The Morgan fingerprint density at radius 3 is 2.78 bits per heavy atom. The molecule has 5 nitrogen and oxygen atoms in total. The highest BCUT2D eigenvalue weighted by molar-refractivity contribution is 6.02. The van der Waals surface area contributed by atoms with E-state index in [1.165, 1.54) is 5.56 Å². The number of carbonyl (C=O) groups excluding carboxylic acids is 1. The molecule has 5 heteroatoms. The van der Waals surface area contributed by atoms with E-state index in [4.69, 9.17) is 0 Å². The minimum absolute atomic E-state index is 0.0590. The third-order valence-electron chi connectivity index (χ3n) is 4.49. The van der Waals surface area contributed by atoms with Crippen LogP contribution in [0.25, 0.3) is 11.0 Å². The van der Waals surface area contributed by atoms with Gasteiger partial charge in [0, 0.05) is 24.8 Å². The lowest BCUT2D eigenvalue weighted by Crippen LogP contribution is -2.26. The van der Waals surface area contributed by atoms with Crippen LogP contribution in [0, 0.1) is 0 Å². The van der Waals surface area contributed by atoms with Gasteiger partial charge >= 0.3 is 0 Å². The standard InChI is InChI=1S/C18H18N4O/c23-18(14-3-1-7-20-11-14)22-12-15(13-5-9-19-10-6-13)17-16(22)4-2-8-21-17/h1-4,7-8,11-13,19H,5-6,9-10H2. The molecule has 1 saturated heterocycles. The fourth-order valence-corrected chi connectivity index (χ4v) is 3.31. The van der Waals surface area contributed by atoms with E-state index in [2.05, 4.69) is 15.3 Å². The second kappa shape index (κ2) is 5.93. The van der Waals surface area contributed by atoms with E-state index in [9.17, 15) is 4.79 Å². The Kier molecular flexibility index (Phi) is 3.63. The summed E-state index contributed by atoms with van der Waals surface area (Å²) in [5, 5.41) is 3.39.